The summed E-state index contributed by atoms with van der Waals surface area (Å²) in [5, 5.41) is 0. The van der Waals surface area contributed by atoms with Gasteiger partial charge in [0.25, 0.3) is 0 Å². The highest BCUT2D eigenvalue weighted by Crippen LogP contribution is 2.15. The van der Waals surface area contributed by atoms with Gasteiger partial charge in [0.2, 0.25) is 0 Å². The number of hydrogen-bond acceptors (Lipinski definition) is 3. The predicted molar refractivity (Wildman–Crippen MR) is 55.8 cm³/mol. The summed E-state index contributed by atoms with van der Waals surface area (Å²) in [4.78, 5) is 11.7. The van der Waals surface area contributed by atoms with Gasteiger partial charge in [-0.3, -0.25) is 0 Å². The van der Waals surface area contributed by atoms with Gasteiger partial charge >= 0.3 is 5.97 Å². The summed E-state index contributed by atoms with van der Waals surface area (Å²) in [6.07, 6.45) is 0.437. The number of ether oxygens (including phenoxy) is 2. The minimum atomic E-state index is -0.614. The summed E-state index contributed by atoms with van der Waals surface area (Å²) < 4.78 is 23.6. The van der Waals surface area contributed by atoms with Crippen LogP contribution in [-0.4, -0.2) is 25.3 Å². The first-order valence-electron chi connectivity index (χ1n) is 5.21. The van der Waals surface area contributed by atoms with Gasteiger partial charge in [-0.1, -0.05) is 11.6 Å². The van der Waals surface area contributed by atoms with Gasteiger partial charge in [0.15, 0.2) is 0 Å². The van der Waals surface area contributed by atoms with Crippen molar-refractivity contribution >= 4 is 5.97 Å². The lowest BCUT2D eigenvalue weighted by molar-refractivity contribution is 0.0265. The summed E-state index contributed by atoms with van der Waals surface area (Å²) in [5.74, 6) is -1.16. The fourth-order valence-electron chi connectivity index (χ4n) is 1.62. The largest absolute Gasteiger partial charge is 0.456 e. The number of hydrogen-bond donors (Lipinski definition) is 0. The Balaban J connectivity index is 2.10. The molecule has 1 aromatic rings. The number of halogens is 1. The summed E-state index contributed by atoms with van der Waals surface area (Å²) in [7, 11) is 0. The van der Waals surface area contributed by atoms with E-state index in [4.69, 9.17) is 9.47 Å². The number of carbonyl (C=O) groups is 1. The summed E-state index contributed by atoms with van der Waals surface area (Å²) in [5.41, 5.74) is 0.822. The Hall–Kier alpha value is -1.42. The minimum Gasteiger partial charge on any atom is -0.456 e. The van der Waals surface area contributed by atoms with E-state index in [-0.39, 0.29) is 11.7 Å². The third-order valence-electron chi connectivity index (χ3n) is 2.50. The van der Waals surface area contributed by atoms with Gasteiger partial charge in [0.1, 0.15) is 11.9 Å². The average Bonchev–Trinajstić information content (AvgIpc) is 2.74. The van der Waals surface area contributed by atoms with Crippen LogP contribution in [0.25, 0.3) is 0 Å². The highest BCUT2D eigenvalue weighted by atomic mass is 19.1. The van der Waals surface area contributed by atoms with Crippen molar-refractivity contribution in [3.05, 3.63) is 35.1 Å². The first kappa shape index (κ1) is 11.1. The van der Waals surface area contributed by atoms with Gasteiger partial charge in [-0.2, -0.15) is 0 Å². The SMILES string of the molecule is Cc1ccc(F)c(C(=O)OC2CCOC2)c1. The zero-order valence-electron chi connectivity index (χ0n) is 9.03. The Kier molecular flexibility index (Phi) is 3.19. The molecular formula is C12H13FO3. The van der Waals surface area contributed by atoms with E-state index in [1.54, 1.807) is 13.0 Å². The van der Waals surface area contributed by atoms with E-state index >= 15 is 0 Å². The van der Waals surface area contributed by atoms with Crippen molar-refractivity contribution in [1.29, 1.82) is 0 Å². The first-order valence-corrected chi connectivity index (χ1v) is 5.21. The normalized spacial score (nSPS) is 19.8. The highest BCUT2D eigenvalue weighted by molar-refractivity contribution is 5.90. The number of benzene rings is 1. The van der Waals surface area contributed by atoms with E-state index in [1.807, 2.05) is 0 Å². The summed E-state index contributed by atoms with van der Waals surface area (Å²) in [6, 6.07) is 4.38. The molecule has 0 amide bonds. The third-order valence-corrected chi connectivity index (χ3v) is 2.50. The monoisotopic (exact) mass is 224 g/mol. The van der Waals surface area contributed by atoms with E-state index in [1.165, 1.54) is 12.1 Å². The van der Waals surface area contributed by atoms with Crippen molar-refractivity contribution in [3.8, 4) is 0 Å². The fourth-order valence-corrected chi connectivity index (χ4v) is 1.62. The lowest BCUT2D eigenvalue weighted by Gasteiger charge is -2.10. The van der Waals surface area contributed by atoms with Gasteiger partial charge < -0.3 is 9.47 Å². The van der Waals surface area contributed by atoms with E-state index in [0.29, 0.717) is 19.6 Å². The van der Waals surface area contributed by atoms with Crippen LogP contribution in [0.1, 0.15) is 22.3 Å². The molecule has 0 bridgehead atoms. The van der Waals surface area contributed by atoms with Crippen LogP contribution in [0.15, 0.2) is 18.2 Å². The molecule has 16 heavy (non-hydrogen) atoms. The van der Waals surface area contributed by atoms with Crippen LogP contribution in [0, 0.1) is 12.7 Å². The first-order chi connectivity index (χ1) is 7.66. The van der Waals surface area contributed by atoms with Crippen molar-refractivity contribution in [3.63, 3.8) is 0 Å². The molecule has 0 N–H and O–H groups in total. The summed E-state index contributed by atoms with van der Waals surface area (Å²) in [6.45, 7) is 2.79. The van der Waals surface area contributed by atoms with Crippen LogP contribution in [0.5, 0.6) is 0 Å². The molecular weight excluding hydrogens is 211 g/mol. The maximum absolute atomic E-state index is 13.4. The van der Waals surface area contributed by atoms with Gasteiger partial charge in [0, 0.05) is 6.42 Å². The molecule has 1 unspecified atom stereocenters. The van der Waals surface area contributed by atoms with Gasteiger partial charge in [0.05, 0.1) is 18.8 Å². The van der Waals surface area contributed by atoms with Crippen LogP contribution in [-0.2, 0) is 9.47 Å². The molecule has 4 heteroatoms. The smallest absolute Gasteiger partial charge is 0.341 e. The van der Waals surface area contributed by atoms with Crippen molar-refractivity contribution in [2.75, 3.05) is 13.2 Å². The van der Waals surface area contributed by atoms with E-state index < -0.39 is 11.8 Å². The molecule has 1 heterocycles. The van der Waals surface area contributed by atoms with Crippen LogP contribution in [0.3, 0.4) is 0 Å². The quantitative estimate of drug-likeness (QED) is 0.721. The molecule has 1 fully saturated rings. The Labute approximate surface area is 93.2 Å². The molecule has 1 atom stereocenters. The molecule has 2 rings (SSSR count). The van der Waals surface area contributed by atoms with Crippen LogP contribution in [0.4, 0.5) is 4.39 Å². The molecule has 0 radical (unpaired) electrons. The lowest BCUT2D eigenvalue weighted by atomic mass is 10.1. The maximum atomic E-state index is 13.4. The number of aryl methyl sites for hydroxylation is 1. The molecule has 1 aliphatic rings. The lowest BCUT2D eigenvalue weighted by Crippen LogP contribution is -2.19. The number of esters is 1. The number of carbonyl (C=O) groups excluding carboxylic acids is 1. The van der Waals surface area contributed by atoms with E-state index in [2.05, 4.69) is 0 Å². The average molecular weight is 224 g/mol. The second kappa shape index (κ2) is 4.61. The van der Waals surface area contributed by atoms with Crippen molar-refractivity contribution in [1.82, 2.24) is 0 Å². The maximum Gasteiger partial charge on any atom is 0.341 e. The zero-order chi connectivity index (χ0) is 11.5. The van der Waals surface area contributed by atoms with Crippen LogP contribution >= 0.6 is 0 Å². The molecule has 1 aliphatic heterocycles. The minimum absolute atomic E-state index is 0.00750. The molecule has 1 saturated heterocycles. The second-order valence-electron chi connectivity index (χ2n) is 3.87. The molecule has 0 saturated carbocycles. The molecule has 0 aromatic heterocycles. The molecule has 1 aromatic carbocycles. The van der Waals surface area contributed by atoms with Crippen molar-refractivity contribution in [2.24, 2.45) is 0 Å². The van der Waals surface area contributed by atoms with Gasteiger partial charge in [-0.15, -0.1) is 0 Å². The Morgan fingerprint density at radius 1 is 1.56 bits per heavy atom. The Morgan fingerprint density at radius 3 is 3.06 bits per heavy atom. The molecule has 86 valence electrons. The van der Waals surface area contributed by atoms with Gasteiger partial charge in [-0.05, 0) is 19.1 Å². The van der Waals surface area contributed by atoms with E-state index in [9.17, 15) is 9.18 Å². The molecule has 0 aliphatic carbocycles. The summed E-state index contributed by atoms with van der Waals surface area (Å²) >= 11 is 0. The standard InChI is InChI=1S/C12H13FO3/c1-8-2-3-11(13)10(6-8)12(14)16-9-4-5-15-7-9/h2-3,6,9H,4-5,7H2,1H3. The van der Waals surface area contributed by atoms with Crippen molar-refractivity contribution < 1.29 is 18.7 Å². The number of rotatable bonds is 2. The Morgan fingerprint density at radius 2 is 2.38 bits per heavy atom. The van der Waals surface area contributed by atoms with Crippen LogP contribution in [0.2, 0.25) is 0 Å². The molecule has 0 spiro atoms. The third kappa shape index (κ3) is 2.39. The highest BCUT2D eigenvalue weighted by Gasteiger charge is 2.22. The zero-order valence-corrected chi connectivity index (χ0v) is 9.03. The van der Waals surface area contributed by atoms with Crippen LogP contribution < -0.4 is 0 Å². The van der Waals surface area contributed by atoms with E-state index in [0.717, 1.165) is 5.56 Å². The predicted octanol–water partition coefficient (Wildman–Crippen LogP) is 2.08. The van der Waals surface area contributed by atoms with Crippen molar-refractivity contribution in [2.45, 2.75) is 19.4 Å². The Bertz CT molecular complexity index is 397. The fraction of sp³-hybridized carbons (Fsp3) is 0.417. The molecule has 3 nitrogen and oxygen atoms in total. The second-order valence-corrected chi connectivity index (χ2v) is 3.87. The topological polar surface area (TPSA) is 35.5 Å². The van der Waals surface area contributed by atoms with Gasteiger partial charge in [-0.25, -0.2) is 9.18 Å².